The van der Waals surface area contributed by atoms with Crippen LogP contribution in [0.3, 0.4) is 0 Å². The molecule has 0 unspecified atom stereocenters. The first-order valence-electron chi connectivity index (χ1n) is 3.07. The van der Waals surface area contributed by atoms with E-state index in [9.17, 15) is 4.39 Å². The SMILES string of the molecule is CNCc1cncc(F)c1.Cl.Cl. The van der Waals surface area contributed by atoms with Gasteiger partial charge in [0, 0.05) is 12.7 Å². The second-order valence-corrected chi connectivity index (χ2v) is 2.04. The van der Waals surface area contributed by atoms with E-state index in [-0.39, 0.29) is 30.6 Å². The Labute approximate surface area is 83.4 Å². The van der Waals surface area contributed by atoms with Crippen LogP contribution in [-0.4, -0.2) is 12.0 Å². The van der Waals surface area contributed by atoms with Crippen LogP contribution in [0, 0.1) is 5.82 Å². The summed E-state index contributed by atoms with van der Waals surface area (Å²) >= 11 is 0. The van der Waals surface area contributed by atoms with Crippen LogP contribution in [0.15, 0.2) is 18.5 Å². The summed E-state index contributed by atoms with van der Waals surface area (Å²) in [4.78, 5) is 3.69. The fraction of sp³-hybridized carbons (Fsp3) is 0.286. The zero-order valence-electron chi connectivity index (χ0n) is 6.58. The first-order chi connectivity index (χ1) is 4.83. The molecule has 1 aromatic rings. The Hall–Kier alpha value is -0.380. The molecule has 0 aromatic carbocycles. The third-order valence-electron chi connectivity index (χ3n) is 1.14. The second kappa shape index (κ2) is 7.28. The van der Waals surface area contributed by atoms with Crippen molar-refractivity contribution in [2.45, 2.75) is 6.54 Å². The van der Waals surface area contributed by atoms with Crippen LogP contribution >= 0.6 is 24.8 Å². The van der Waals surface area contributed by atoms with E-state index in [1.165, 1.54) is 12.3 Å². The highest BCUT2D eigenvalue weighted by atomic mass is 35.5. The average molecular weight is 213 g/mol. The Morgan fingerprint density at radius 1 is 1.42 bits per heavy atom. The molecular weight excluding hydrogens is 202 g/mol. The summed E-state index contributed by atoms with van der Waals surface area (Å²) in [6.45, 7) is 0.658. The number of aromatic nitrogens is 1. The fourth-order valence-corrected chi connectivity index (χ4v) is 0.757. The molecule has 0 saturated carbocycles. The van der Waals surface area contributed by atoms with Crippen molar-refractivity contribution in [1.82, 2.24) is 10.3 Å². The van der Waals surface area contributed by atoms with Gasteiger partial charge in [0.15, 0.2) is 0 Å². The first kappa shape index (κ1) is 14.2. The van der Waals surface area contributed by atoms with Gasteiger partial charge in [-0.3, -0.25) is 4.98 Å². The van der Waals surface area contributed by atoms with Crippen LogP contribution in [-0.2, 0) is 6.54 Å². The van der Waals surface area contributed by atoms with Gasteiger partial charge in [0.1, 0.15) is 5.82 Å². The lowest BCUT2D eigenvalue weighted by molar-refractivity contribution is 0.616. The summed E-state index contributed by atoms with van der Waals surface area (Å²) in [6, 6.07) is 1.46. The Balaban J connectivity index is 0. The predicted octanol–water partition coefficient (Wildman–Crippen LogP) is 1.78. The van der Waals surface area contributed by atoms with E-state index < -0.39 is 0 Å². The van der Waals surface area contributed by atoms with Gasteiger partial charge < -0.3 is 5.32 Å². The minimum absolute atomic E-state index is 0. The molecule has 0 aliphatic rings. The number of halogens is 3. The molecule has 1 N–H and O–H groups in total. The summed E-state index contributed by atoms with van der Waals surface area (Å²) in [5.41, 5.74) is 0.863. The largest absolute Gasteiger partial charge is 0.316 e. The number of nitrogens with one attached hydrogen (secondary N) is 1. The van der Waals surface area contributed by atoms with Crippen molar-refractivity contribution in [1.29, 1.82) is 0 Å². The quantitative estimate of drug-likeness (QED) is 0.809. The molecule has 70 valence electrons. The molecule has 12 heavy (non-hydrogen) atoms. The standard InChI is InChI=1S/C7H9FN2.2ClH/c1-9-3-6-2-7(8)5-10-4-6;;/h2,4-5,9H,3H2,1H3;2*1H. The van der Waals surface area contributed by atoms with E-state index in [2.05, 4.69) is 10.3 Å². The van der Waals surface area contributed by atoms with Crippen LogP contribution in [0.5, 0.6) is 0 Å². The third kappa shape index (κ3) is 4.49. The van der Waals surface area contributed by atoms with Crippen molar-refractivity contribution in [3.63, 3.8) is 0 Å². The smallest absolute Gasteiger partial charge is 0.141 e. The molecule has 0 fully saturated rings. The lowest BCUT2D eigenvalue weighted by atomic mass is 10.3. The van der Waals surface area contributed by atoms with Gasteiger partial charge in [-0.1, -0.05) is 0 Å². The van der Waals surface area contributed by atoms with E-state index in [0.717, 1.165) is 5.56 Å². The third-order valence-corrected chi connectivity index (χ3v) is 1.14. The molecule has 2 nitrogen and oxygen atoms in total. The lowest BCUT2D eigenvalue weighted by Crippen LogP contribution is -2.05. The van der Waals surface area contributed by atoms with Crippen molar-refractivity contribution < 1.29 is 4.39 Å². The average Bonchev–Trinajstić information content (AvgIpc) is 1.88. The van der Waals surface area contributed by atoms with Crippen molar-refractivity contribution in [3.05, 3.63) is 29.8 Å². The van der Waals surface area contributed by atoms with Gasteiger partial charge in [0.05, 0.1) is 6.20 Å². The molecule has 5 heteroatoms. The molecular formula is C7H11Cl2FN2. The van der Waals surface area contributed by atoms with Gasteiger partial charge in [-0.2, -0.15) is 0 Å². The fourth-order valence-electron chi connectivity index (χ4n) is 0.757. The summed E-state index contributed by atoms with van der Waals surface area (Å²) in [6.07, 6.45) is 2.83. The molecule has 0 atom stereocenters. The maximum Gasteiger partial charge on any atom is 0.141 e. The summed E-state index contributed by atoms with van der Waals surface area (Å²) in [7, 11) is 1.81. The molecule has 0 aliphatic heterocycles. The van der Waals surface area contributed by atoms with E-state index in [4.69, 9.17) is 0 Å². The van der Waals surface area contributed by atoms with Gasteiger partial charge in [0.2, 0.25) is 0 Å². The highest BCUT2D eigenvalue weighted by Crippen LogP contribution is 1.98. The highest BCUT2D eigenvalue weighted by Gasteiger charge is 1.92. The van der Waals surface area contributed by atoms with E-state index in [1.807, 2.05) is 7.05 Å². The maximum absolute atomic E-state index is 12.4. The first-order valence-corrected chi connectivity index (χ1v) is 3.07. The van der Waals surface area contributed by atoms with Crippen molar-refractivity contribution in [2.75, 3.05) is 7.05 Å². The summed E-state index contributed by atoms with van der Waals surface area (Å²) in [5, 5.41) is 2.90. The molecule has 0 aliphatic carbocycles. The molecule has 0 bridgehead atoms. The highest BCUT2D eigenvalue weighted by molar-refractivity contribution is 5.85. The van der Waals surface area contributed by atoms with Gasteiger partial charge in [-0.25, -0.2) is 4.39 Å². The van der Waals surface area contributed by atoms with Crippen LogP contribution in [0.25, 0.3) is 0 Å². The zero-order valence-corrected chi connectivity index (χ0v) is 8.21. The second-order valence-electron chi connectivity index (χ2n) is 2.04. The Kier molecular flexibility index (Phi) is 8.59. The normalized spacial score (nSPS) is 8.17. The summed E-state index contributed by atoms with van der Waals surface area (Å²) in [5.74, 6) is -0.284. The minimum Gasteiger partial charge on any atom is -0.316 e. The van der Waals surface area contributed by atoms with Gasteiger partial charge in [-0.05, 0) is 18.7 Å². The molecule has 0 spiro atoms. The Morgan fingerprint density at radius 3 is 2.58 bits per heavy atom. The van der Waals surface area contributed by atoms with Crippen molar-refractivity contribution >= 4 is 24.8 Å². The van der Waals surface area contributed by atoms with Gasteiger partial charge in [-0.15, -0.1) is 24.8 Å². The topological polar surface area (TPSA) is 24.9 Å². The van der Waals surface area contributed by atoms with Crippen LogP contribution in [0.2, 0.25) is 0 Å². The minimum atomic E-state index is -0.284. The zero-order chi connectivity index (χ0) is 7.40. The van der Waals surface area contributed by atoms with Crippen LogP contribution < -0.4 is 5.32 Å². The number of hydrogen-bond acceptors (Lipinski definition) is 2. The molecule has 0 amide bonds. The maximum atomic E-state index is 12.4. The van der Waals surface area contributed by atoms with E-state index >= 15 is 0 Å². The predicted molar refractivity (Wildman–Crippen MR) is 51.5 cm³/mol. The monoisotopic (exact) mass is 212 g/mol. The number of rotatable bonds is 2. The molecule has 0 saturated heterocycles. The van der Waals surface area contributed by atoms with E-state index in [1.54, 1.807) is 6.20 Å². The molecule has 0 radical (unpaired) electrons. The number of hydrogen-bond donors (Lipinski definition) is 1. The summed E-state index contributed by atoms with van der Waals surface area (Å²) < 4.78 is 12.4. The van der Waals surface area contributed by atoms with Crippen molar-refractivity contribution in [3.8, 4) is 0 Å². The Bertz CT molecular complexity index is 220. The number of nitrogens with zero attached hydrogens (tertiary/aromatic N) is 1. The van der Waals surface area contributed by atoms with Crippen LogP contribution in [0.4, 0.5) is 4.39 Å². The van der Waals surface area contributed by atoms with Crippen LogP contribution in [0.1, 0.15) is 5.56 Å². The van der Waals surface area contributed by atoms with E-state index in [0.29, 0.717) is 6.54 Å². The Morgan fingerprint density at radius 2 is 2.08 bits per heavy atom. The molecule has 1 rings (SSSR count). The lowest BCUT2D eigenvalue weighted by Gasteiger charge is -1.96. The van der Waals surface area contributed by atoms with Gasteiger partial charge in [0.25, 0.3) is 0 Å². The van der Waals surface area contributed by atoms with Crippen molar-refractivity contribution in [2.24, 2.45) is 0 Å². The molecule has 1 aromatic heterocycles. The number of pyridine rings is 1. The van der Waals surface area contributed by atoms with Gasteiger partial charge >= 0.3 is 0 Å². The molecule has 1 heterocycles.